The fourth-order valence-corrected chi connectivity index (χ4v) is 4.83. The van der Waals surface area contributed by atoms with Crippen molar-refractivity contribution in [3.8, 4) is 0 Å². The van der Waals surface area contributed by atoms with Crippen LogP contribution < -0.4 is 10.6 Å². The summed E-state index contributed by atoms with van der Waals surface area (Å²) in [4.78, 5) is 39.3. The number of rotatable bonds is 26. The number of alkyl carbamates (subject to hydrolysis) is 1. The standard InChI is InChI=1S/C33H65N3O5/c1-7-9-11-13-15-17-19-21-26-36(27-22-20-18-16-14-12-10-8-2)28-25-34-30(37)24-23-29(31(38)40-6)35-32(39)41-33(3,4)5/h29H,7-28H2,1-6H3,(H,34,37)(H,35,39)/t29-/m0/s1. The van der Waals surface area contributed by atoms with E-state index in [1.54, 1.807) is 20.8 Å². The molecule has 0 saturated carbocycles. The Morgan fingerprint density at radius 1 is 0.707 bits per heavy atom. The summed E-state index contributed by atoms with van der Waals surface area (Å²) in [7, 11) is 1.26. The van der Waals surface area contributed by atoms with Crippen LogP contribution in [0, 0.1) is 0 Å². The van der Waals surface area contributed by atoms with Gasteiger partial charge in [0.2, 0.25) is 5.91 Å². The van der Waals surface area contributed by atoms with Crippen LogP contribution in [-0.4, -0.2) is 67.8 Å². The Balaban J connectivity index is 4.52. The maximum atomic E-state index is 12.5. The minimum absolute atomic E-state index is 0.117. The minimum atomic E-state index is -0.930. The molecule has 0 spiro atoms. The first-order valence-corrected chi connectivity index (χ1v) is 16.7. The maximum Gasteiger partial charge on any atom is 0.408 e. The topological polar surface area (TPSA) is 97.0 Å². The molecule has 41 heavy (non-hydrogen) atoms. The number of methoxy groups -OCH3 is 1. The SMILES string of the molecule is CCCCCCCCCCN(CCCCCCCCCC)CCNC(=O)CC[C@H](NC(=O)OC(C)(C)C)C(=O)OC. The van der Waals surface area contributed by atoms with E-state index in [0.29, 0.717) is 6.54 Å². The van der Waals surface area contributed by atoms with Gasteiger partial charge in [-0.05, 0) is 53.1 Å². The molecule has 1 atom stereocenters. The number of hydrogen-bond donors (Lipinski definition) is 2. The Morgan fingerprint density at radius 2 is 1.17 bits per heavy atom. The van der Waals surface area contributed by atoms with Crippen LogP contribution in [0.15, 0.2) is 0 Å². The molecule has 8 heteroatoms. The van der Waals surface area contributed by atoms with E-state index in [9.17, 15) is 14.4 Å². The zero-order valence-corrected chi connectivity index (χ0v) is 27.6. The molecule has 0 saturated heterocycles. The molecule has 0 aliphatic heterocycles. The van der Waals surface area contributed by atoms with E-state index in [4.69, 9.17) is 9.47 Å². The quantitative estimate of drug-likeness (QED) is 0.0807. The van der Waals surface area contributed by atoms with Crippen molar-refractivity contribution in [3.05, 3.63) is 0 Å². The third-order valence-electron chi connectivity index (χ3n) is 7.24. The Kier molecular flexibility index (Phi) is 24.7. The highest BCUT2D eigenvalue weighted by Crippen LogP contribution is 2.12. The van der Waals surface area contributed by atoms with Gasteiger partial charge in [-0.2, -0.15) is 0 Å². The highest BCUT2D eigenvalue weighted by Gasteiger charge is 2.25. The molecule has 8 nitrogen and oxygen atoms in total. The molecule has 242 valence electrons. The number of nitrogens with zero attached hydrogens (tertiary/aromatic N) is 1. The lowest BCUT2D eigenvalue weighted by atomic mass is 10.1. The smallest absolute Gasteiger partial charge is 0.408 e. The van der Waals surface area contributed by atoms with E-state index in [2.05, 4.69) is 29.4 Å². The maximum absolute atomic E-state index is 12.5. The molecular formula is C33H65N3O5. The highest BCUT2D eigenvalue weighted by atomic mass is 16.6. The molecule has 0 aromatic rings. The lowest BCUT2D eigenvalue weighted by Crippen LogP contribution is -2.44. The van der Waals surface area contributed by atoms with E-state index in [0.717, 1.165) is 19.6 Å². The van der Waals surface area contributed by atoms with Crippen LogP contribution in [0.5, 0.6) is 0 Å². The second-order valence-electron chi connectivity index (χ2n) is 12.4. The Labute approximate surface area is 252 Å². The van der Waals surface area contributed by atoms with Crippen molar-refractivity contribution in [2.75, 3.05) is 33.3 Å². The predicted molar refractivity (Wildman–Crippen MR) is 169 cm³/mol. The van der Waals surface area contributed by atoms with Crippen LogP contribution in [0.25, 0.3) is 0 Å². The third-order valence-corrected chi connectivity index (χ3v) is 7.24. The molecule has 0 heterocycles. The van der Waals surface area contributed by atoms with Crippen LogP contribution in [-0.2, 0) is 19.1 Å². The average Bonchev–Trinajstić information content (AvgIpc) is 2.92. The van der Waals surface area contributed by atoms with E-state index < -0.39 is 23.7 Å². The molecule has 0 radical (unpaired) electrons. The van der Waals surface area contributed by atoms with Crippen LogP contribution in [0.4, 0.5) is 4.79 Å². The fraction of sp³-hybridized carbons (Fsp3) is 0.909. The Bertz CT molecular complexity index is 646. The van der Waals surface area contributed by atoms with Gasteiger partial charge >= 0.3 is 12.1 Å². The number of carbonyl (C=O) groups is 3. The van der Waals surface area contributed by atoms with E-state index in [-0.39, 0.29) is 18.7 Å². The number of unbranched alkanes of at least 4 members (excludes halogenated alkanes) is 14. The summed E-state index contributed by atoms with van der Waals surface area (Å²) in [5, 5.41) is 5.53. The predicted octanol–water partition coefficient (Wildman–Crippen LogP) is 7.53. The van der Waals surface area contributed by atoms with Crippen molar-refractivity contribution in [1.29, 1.82) is 0 Å². The molecule has 0 unspecified atom stereocenters. The third kappa shape index (κ3) is 25.6. The van der Waals surface area contributed by atoms with Gasteiger partial charge in [0.1, 0.15) is 11.6 Å². The molecule has 2 amide bonds. The second kappa shape index (κ2) is 25.8. The molecule has 2 N–H and O–H groups in total. The Hall–Kier alpha value is -1.83. The summed E-state index contributed by atoms with van der Waals surface area (Å²) in [6, 6.07) is -0.930. The van der Waals surface area contributed by atoms with Crippen molar-refractivity contribution >= 4 is 18.0 Å². The number of nitrogens with one attached hydrogen (secondary N) is 2. The lowest BCUT2D eigenvalue weighted by molar-refractivity contribution is -0.143. The fourth-order valence-electron chi connectivity index (χ4n) is 4.83. The Morgan fingerprint density at radius 3 is 1.61 bits per heavy atom. The molecule has 0 fully saturated rings. The van der Waals surface area contributed by atoms with E-state index >= 15 is 0 Å². The van der Waals surface area contributed by atoms with Crippen molar-refractivity contribution in [2.24, 2.45) is 0 Å². The molecular weight excluding hydrogens is 518 g/mol. The van der Waals surface area contributed by atoms with Gasteiger partial charge in [-0.25, -0.2) is 9.59 Å². The van der Waals surface area contributed by atoms with Crippen molar-refractivity contribution < 1.29 is 23.9 Å². The van der Waals surface area contributed by atoms with E-state index in [1.165, 1.54) is 110 Å². The summed E-state index contributed by atoms with van der Waals surface area (Å²) in [5.41, 5.74) is -0.683. The monoisotopic (exact) mass is 583 g/mol. The molecule has 0 aliphatic carbocycles. The zero-order valence-electron chi connectivity index (χ0n) is 27.6. The van der Waals surface area contributed by atoms with Gasteiger partial charge in [0.15, 0.2) is 0 Å². The van der Waals surface area contributed by atoms with Gasteiger partial charge in [0, 0.05) is 19.5 Å². The number of ether oxygens (including phenoxy) is 2. The second-order valence-corrected chi connectivity index (χ2v) is 12.4. The summed E-state index contributed by atoms with van der Waals surface area (Å²) in [6.45, 7) is 13.3. The number of hydrogen-bond acceptors (Lipinski definition) is 6. The van der Waals surface area contributed by atoms with Gasteiger partial charge in [0.25, 0.3) is 0 Å². The molecule has 0 aromatic heterocycles. The van der Waals surface area contributed by atoms with E-state index in [1.807, 2.05) is 0 Å². The van der Waals surface area contributed by atoms with Gasteiger partial charge in [0.05, 0.1) is 7.11 Å². The first-order valence-electron chi connectivity index (χ1n) is 16.7. The lowest BCUT2D eigenvalue weighted by Gasteiger charge is -2.23. The van der Waals surface area contributed by atoms with Gasteiger partial charge in [-0.15, -0.1) is 0 Å². The first-order chi connectivity index (χ1) is 19.6. The molecule has 0 bridgehead atoms. The number of esters is 1. The van der Waals surface area contributed by atoms with Crippen LogP contribution in [0.3, 0.4) is 0 Å². The van der Waals surface area contributed by atoms with Gasteiger partial charge in [-0.1, -0.05) is 104 Å². The largest absolute Gasteiger partial charge is 0.467 e. The normalized spacial score (nSPS) is 12.3. The first kappa shape index (κ1) is 39.2. The molecule has 0 aliphatic rings. The summed E-state index contributed by atoms with van der Waals surface area (Å²) < 4.78 is 10.0. The number of amides is 2. The summed E-state index contributed by atoms with van der Waals surface area (Å²) >= 11 is 0. The van der Waals surface area contributed by atoms with Gasteiger partial charge in [-0.3, -0.25) is 4.79 Å². The van der Waals surface area contributed by atoms with Gasteiger partial charge < -0.3 is 25.0 Å². The molecule has 0 aromatic carbocycles. The highest BCUT2D eigenvalue weighted by molar-refractivity contribution is 5.82. The molecule has 0 rings (SSSR count). The number of carbonyl (C=O) groups excluding carboxylic acids is 3. The average molecular weight is 584 g/mol. The summed E-state index contributed by atoms with van der Waals surface area (Å²) in [5.74, 6) is -0.727. The van der Waals surface area contributed by atoms with Crippen LogP contribution >= 0.6 is 0 Å². The summed E-state index contributed by atoms with van der Waals surface area (Å²) in [6.07, 6.45) is 20.5. The van der Waals surface area contributed by atoms with Crippen LogP contribution in [0.1, 0.15) is 150 Å². The van der Waals surface area contributed by atoms with Crippen molar-refractivity contribution in [3.63, 3.8) is 0 Å². The van der Waals surface area contributed by atoms with Crippen molar-refractivity contribution in [2.45, 2.75) is 162 Å². The minimum Gasteiger partial charge on any atom is -0.467 e. The zero-order chi connectivity index (χ0) is 30.8. The van der Waals surface area contributed by atoms with Crippen molar-refractivity contribution in [1.82, 2.24) is 15.5 Å². The van der Waals surface area contributed by atoms with Crippen LogP contribution in [0.2, 0.25) is 0 Å².